The predicted octanol–water partition coefficient (Wildman–Crippen LogP) is -1.02. The molecule has 1 aliphatic heterocycles. The van der Waals surface area contributed by atoms with Crippen LogP contribution in [0, 0.1) is 5.92 Å². The molecule has 5 unspecified atom stereocenters. The van der Waals surface area contributed by atoms with Crippen LogP contribution in [0.5, 0.6) is 0 Å². The van der Waals surface area contributed by atoms with Gasteiger partial charge in [-0.2, -0.15) is 0 Å². The molecule has 3 rings (SSSR count). The van der Waals surface area contributed by atoms with E-state index in [0.29, 0.717) is 0 Å². The van der Waals surface area contributed by atoms with Crippen LogP contribution in [0.2, 0.25) is 0 Å². The molecule has 5 atom stereocenters. The maximum absolute atomic E-state index is 12.7. The second-order valence-electron chi connectivity index (χ2n) is 7.67. The molecule has 1 saturated heterocycles. The van der Waals surface area contributed by atoms with Gasteiger partial charge in [-0.05, 0) is 13.0 Å². The average Bonchev–Trinajstić information content (AvgIpc) is 3.26. The second-order valence-corrected chi connectivity index (χ2v) is 7.67. The largest absolute Gasteiger partial charge is 0.394 e. The van der Waals surface area contributed by atoms with Gasteiger partial charge in [0.1, 0.15) is 36.1 Å². The molecule has 2 aromatic heterocycles. The van der Waals surface area contributed by atoms with E-state index < -0.39 is 43.1 Å². The van der Waals surface area contributed by atoms with Crippen LogP contribution in [0.25, 0.3) is 11.0 Å². The van der Waals surface area contributed by atoms with Gasteiger partial charge in [0.15, 0.2) is 6.23 Å². The van der Waals surface area contributed by atoms with Gasteiger partial charge >= 0.3 is 0 Å². The Morgan fingerprint density at radius 2 is 2.10 bits per heavy atom. The van der Waals surface area contributed by atoms with Crippen LogP contribution in [0.15, 0.2) is 12.5 Å². The zero-order chi connectivity index (χ0) is 22.9. The Hall–Kier alpha value is -2.64. The summed E-state index contributed by atoms with van der Waals surface area (Å²) in [7, 11) is 3.07. The Kier molecular flexibility index (Phi) is 6.86. The van der Waals surface area contributed by atoms with E-state index in [1.807, 2.05) is 13.8 Å². The fraction of sp³-hybridized carbons (Fsp3) is 0.579. The number of carbonyl (C=O) groups is 2. The van der Waals surface area contributed by atoms with Crippen LogP contribution >= 0.6 is 0 Å². The average molecular weight is 436 g/mol. The van der Waals surface area contributed by atoms with Crippen LogP contribution in [0.1, 0.15) is 30.4 Å². The minimum atomic E-state index is -1.10. The first-order valence-corrected chi connectivity index (χ1v) is 9.85. The second kappa shape index (κ2) is 9.24. The smallest absolute Gasteiger partial charge is 0.251 e. The van der Waals surface area contributed by atoms with Gasteiger partial charge < -0.3 is 40.6 Å². The van der Waals surface area contributed by atoms with E-state index in [-0.39, 0.29) is 34.2 Å². The molecule has 0 bridgehead atoms. The Morgan fingerprint density at radius 1 is 1.39 bits per heavy atom. The number of aromatic nitrogens is 3. The van der Waals surface area contributed by atoms with Gasteiger partial charge in [0.25, 0.3) is 5.91 Å². The number of ether oxygens (including phenoxy) is 2. The van der Waals surface area contributed by atoms with E-state index in [4.69, 9.17) is 15.2 Å². The van der Waals surface area contributed by atoms with Gasteiger partial charge in [-0.25, -0.2) is 9.97 Å². The summed E-state index contributed by atoms with van der Waals surface area (Å²) in [5, 5.41) is 25.8. The molecule has 170 valence electrons. The van der Waals surface area contributed by atoms with Crippen LogP contribution in [-0.4, -0.2) is 81.7 Å². The SMILES string of the molecule is CNC(C(=O)Nc1ncnc2c1c(C(N)=O)cn2C1OC(CO)C(O)C1OC)C(C)C. The molecule has 12 nitrogen and oxygen atoms in total. The summed E-state index contributed by atoms with van der Waals surface area (Å²) in [4.78, 5) is 33.3. The molecule has 1 aliphatic rings. The lowest BCUT2D eigenvalue weighted by Crippen LogP contribution is -2.42. The number of hydrogen-bond acceptors (Lipinski definition) is 9. The molecule has 3 heterocycles. The molecule has 0 radical (unpaired) electrons. The number of aliphatic hydroxyl groups is 2. The van der Waals surface area contributed by atoms with Gasteiger partial charge in [-0.1, -0.05) is 13.8 Å². The third kappa shape index (κ3) is 4.12. The van der Waals surface area contributed by atoms with Crippen molar-refractivity contribution in [2.75, 3.05) is 26.1 Å². The highest BCUT2D eigenvalue weighted by Gasteiger charge is 2.45. The Bertz CT molecular complexity index is 963. The number of amides is 2. The Morgan fingerprint density at radius 3 is 2.65 bits per heavy atom. The van der Waals surface area contributed by atoms with Gasteiger partial charge in [0.05, 0.1) is 23.6 Å². The van der Waals surface area contributed by atoms with Crippen LogP contribution in [0.3, 0.4) is 0 Å². The number of primary amides is 1. The van der Waals surface area contributed by atoms with Gasteiger partial charge in [0, 0.05) is 13.3 Å². The molecule has 2 amide bonds. The number of methoxy groups -OCH3 is 1. The lowest BCUT2D eigenvalue weighted by atomic mass is 10.0. The van der Waals surface area contributed by atoms with E-state index in [2.05, 4.69) is 20.6 Å². The van der Waals surface area contributed by atoms with Crippen molar-refractivity contribution in [1.82, 2.24) is 19.9 Å². The number of rotatable bonds is 8. The van der Waals surface area contributed by atoms with Crippen molar-refractivity contribution in [2.24, 2.45) is 11.7 Å². The predicted molar refractivity (Wildman–Crippen MR) is 110 cm³/mol. The minimum absolute atomic E-state index is 0.00814. The molecule has 6 N–H and O–H groups in total. The number of aliphatic hydroxyl groups excluding tert-OH is 2. The molecular weight excluding hydrogens is 408 g/mol. The summed E-state index contributed by atoms with van der Waals surface area (Å²) >= 11 is 0. The van der Waals surface area contributed by atoms with Gasteiger partial charge in [-0.15, -0.1) is 0 Å². The lowest BCUT2D eigenvalue weighted by Gasteiger charge is -2.21. The summed E-state index contributed by atoms with van der Waals surface area (Å²) < 4.78 is 12.6. The molecule has 2 aromatic rings. The molecule has 0 aliphatic carbocycles. The molecule has 12 heteroatoms. The molecule has 1 fully saturated rings. The van der Waals surface area contributed by atoms with E-state index in [0.717, 1.165) is 0 Å². The molecule has 31 heavy (non-hydrogen) atoms. The van der Waals surface area contributed by atoms with Crippen molar-refractivity contribution in [1.29, 1.82) is 0 Å². The number of carbonyl (C=O) groups excluding carboxylic acids is 2. The normalized spacial score (nSPS) is 24.6. The van der Waals surface area contributed by atoms with E-state index >= 15 is 0 Å². The van der Waals surface area contributed by atoms with Crippen LogP contribution in [-0.2, 0) is 14.3 Å². The lowest BCUT2D eigenvalue weighted by molar-refractivity contribution is -0.119. The summed E-state index contributed by atoms with van der Waals surface area (Å²) in [6.07, 6.45) is -1.06. The van der Waals surface area contributed by atoms with Crippen molar-refractivity contribution in [2.45, 2.75) is 44.4 Å². The fourth-order valence-electron chi connectivity index (χ4n) is 3.87. The third-order valence-electron chi connectivity index (χ3n) is 5.42. The first-order chi connectivity index (χ1) is 14.7. The summed E-state index contributed by atoms with van der Waals surface area (Å²) in [5.74, 6) is -0.957. The maximum Gasteiger partial charge on any atom is 0.251 e. The quantitative estimate of drug-likeness (QED) is 0.347. The third-order valence-corrected chi connectivity index (χ3v) is 5.42. The van der Waals surface area contributed by atoms with Gasteiger partial charge in [-0.3, -0.25) is 9.59 Å². The van der Waals surface area contributed by atoms with Gasteiger partial charge in [0.2, 0.25) is 5.91 Å². The number of anilines is 1. The number of hydrogen-bond donors (Lipinski definition) is 5. The topological polar surface area (TPSA) is 174 Å². The Balaban J connectivity index is 2.10. The molecule has 0 aromatic carbocycles. The van der Waals surface area contributed by atoms with Crippen molar-refractivity contribution < 1.29 is 29.3 Å². The van der Waals surface area contributed by atoms with E-state index in [9.17, 15) is 19.8 Å². The van der Waals surface area contributed by atoms with Crippen molar-refractivity contribution in [3.05, 3.63) is 18.1 Å². The van der Waals surface area contributed by atoms with Crippen molar-refractivity contribution in [3.8, 4) is 0 Å². The molecule has 0 spiro atoms. The number of fused-ring (bicyclic) bond motifs is 1. The highest BCUT2D eigenvalue weighted by atomic mass is 16.6. The van der Waals surface area contributed by atoms with Crippen molar-refractivity contribution >= 4 is 28.7 Å². The molecular formula is C19H28N6O6. The summed E-state index contributed by atoms with van der Waals surface area (Å²) in [6, 6.07) is -0.486. The molecule has 0 saturated carbocycles. The number of nitrogens with zero attached hydrogens (tertiary/aromatic N) is 3. The standard InChI is InChI=1S/C19H28N6O6/c1-8(2)12(21-3)18(29)24-16-11-9(15(20)28)5-25(17(11)23-7-22-16)19-14(30-4)13(27)10(6-26)31-19/h5,7-8,10,12-14,19,21,26-27H,6H2,1-4H3,(H2,20,28)(H,22,23,24,29). The summed E-state index contributed by atoms with van der Waals surface area (Å²) in [5.41, 5.74) is 5.90. The fourth-order valence-corrected chi connectivity index (χ4v) is 3.87. The highest BCUT2D eigenvalue weighted by molar-refractivity contribution is 6.11. The van der Waals surface area contributed by atoms with Crippen LogP contribution < -0.4 is 16.4 Å². The Labute approximate surface area is 178 Å². The maximum atomic E-state index is 12.7. The zero-order valence-electron chi connectivity index (χ0n) is 17.8. The number of nitrogens with one attached hydrogen (secondary N) is 2. The summed E-state index contributed by atoms with van der Waals surface area (Å²) in [6.45, 7) is 3.37. The van der Waals surface area contributed by atoms with E-state index in [1.54, 1.807) is 7.05 Å². The van der Waals surface area contributed by atoms with E-state index in [1.165, 1.54) is 24.2 Å². The number of likely N-dealkylation sites (N-methyl/N-ethyl adjacent to an activating group) is 1. The van der Waals surface area contributed by atoms with Crippen LogP contribution in [0.4, 0.5) is 5.82 Å². The highest BCUT2D eigenvalue weighted by Crippen LogP contribution is 2.36. The van der Waals surface area contributed by atoms with Crippen molar-refractivity contribution in [3.63, 3.8) is 0 Å². The number of nitrogens with two attached hydrogens (primary N) is 1. The first kappa shape index (κ1) is 23.0. The minimum Gasteiger partial charge on any atom is -0.394 e. The monoisotopic (exact) mass is 436 g/mol. The first-order valence-electron chi connectivity index (χ1n) is 9.85. The zero-order valence-corrected chi connectivity index (χ0v) is 17.8.